The number of carbonyl (C=O) groups excluding carboxylic acids is 2. The first-order valence-electron chi connectivity index (χ1n) is 13.5. The van der Waals surface area contributed by atoms with Gasteiger partial charge in [-0.3, -0.25) is 14.6 Å². The maximum Gasteiger partial charge on any atom is 0.252 e. The lowest BCUT2D eigenvalue weighted by atomic mass is 9.71. The summed E-state index contributed by atoms with van der Waals surface area (Å²) in [6, 6.07) is 22.5. The predicted molar refractivity (Wildman–Crippen MR) is 151 cm³/mol. The van der Waals surface area contributed by atoms with Crippen molar-refractivity contribution < 1.29 is 9.59 Å². The lowest BCUT2D eigenvalue weighted by Crippen LogP contribution is -2.59. The van der Waals surface area contributed by atoms with Crippen LogP contribution < -0.4 is 10.6 Å². The number of nitrogens with zero attached hydrogens (tertiary/aromatic N) is 2. The van der Waals surface area contributed by atoms with Crippen molar-refractivity contribution in [2.75, 3.05) is 6.54 Å². The van der Waals surface area contributed by atoms with E-state index in [4.69, 9.17) is 0 Å². The molecule has 4 aromatic rings. The summed E-state index contributed by atoms with van der Waals surface area (Å²) in [6.45, 7) is 2.22. The summed E-state index contributed by atoms with van der Waals surface area (Å²) in [5.74, 6) is -0.653. The van der Waals surface area contributed by atoms with Crippen molar-refractivity contribution in [3.8, 4) is 6.07 Å². The fourth-order valence-corrected chi connectivity index (χ4v) is 5.77. The van der Waals surface area contributed by atoms with Crippen LogP contribution in [0.25, 0.3) is 10.9 Å². The number of rotatable bonds is 8. The van der Waals surface area contributed by atoms with E-state index in [1.165, 1.54) is 12.5 Å². The minimum Gasteiger partial charge on any atom is -0.361 e. The largest absolute Gasteiger partial charge is 0.361 e. The molecule has 2 aromatic heterocycles. The molecular weight excluding hydrogens is 486 g/mol. The van der Waals surface area contributed by atoms with Crippen LogP contribution in [0.4, 0.5) is 0 Å². The van der Waals surface area contributed by atoms with Crippen LogP contribution in [0.5, 0.6) is 0 Å². The lowest BCUT2D eigenvalue weighted by molar-refractivity contribution is -0.127. The van der Waals surface area contributed by atoms with Gasteiger partial charge in [0, 0.05) is 52.9 Å². The molecule has 2 heterocycles. The maximum atomic E-state index is 14.0. The molecule has 7 heteroatoms. The molecule has 1 atom stereocenters. The zero-order chi connectivity index (χ0) is 27.3. The number of nitriles is 1. The molecule has 198 valence electrons. The average Bonchev–Trinajstić information content (AvgIpc) is 3.39. The molecule has 0 aliphatic heterocycles. The Balaban J connectivity index is 1.44. The van der Waals surface area contributed by atoms with Crippen LogP contribution in [0.3, 0.4) is 0 Å². The summed E-state index contributed by atoms with van der Waals surface area (Å²) in [4.78, 5) is 35.4. The zero-order valence-electron chi connectivity index (χ0n) is 22.2. The number of hydrogen-bond donors (Lipinski definition) is 3. The highest BCUT2D eigenvalue weighted by molar-refractivity contribution is 5.99. The van der Waals surface area contributed by atoms with Crippen LogP contribution in [-0.2, 0) is 16.6 Å². The third kappa shape index (κ3) is 5.56. The van der Waals surface area contributed by atoms with E-state index < -0.39 is 11.4 Å². The van der Waals surface area contributed by atoms with E-state index in [0.29, 0.717) is 24.1 Å². The summed E-state index contributed by atoms with van der Waals surface area (Å²) in [5, 5.41) is 16.5. The number of nitrogens with one attached hydrogen (secondary N) is 3. The van der Waals surface area contributed by atoms with Crippen LogP contribution in [0.1, 0.15) is 66.2 Å². The Morgan fingerprint density at radius 2 is 1.85 bits per heavy atom. The van der Waals surface area contributed by atoms with E-state index in [1.807, 2.05) is 54.9 Å². The van der Waals surface area contributed by atoms with Crippen molar-refractivity contribution in [2.45, 2.75) is 56.4 Å². The molecule has 5 rings (SSSR count). The highest BCUT2D eigenvalue weighted by Gasteiger charge is 2.40. The number of aromatic nitrogens is 2. The fraction of sp³-hybridized carbons (Fsp3) is 0.312. The van der Waals surface area contributed by atoms with Gasteiger partial charge < -0.3 is 15.6 Å². The Bertz CT molecular complexity index is 1510. The molecule has 1 fully saturated rings. The number of amides is 2. The molecule has 7 nitrogen and oxygen atoms in total. The minimum atomic E-state index is -1.25. The fourth-order valence-electron chi connectivity index (χ4n) is 5.77. The molecule has 0 bridgehead atoms. The second kappa shape index (κ2) is 11.1. The first-order chi connectivity index (χ1) is 18.9. The van der Waals surface area contributed by atoms with E-state index in [2.05, 4.69) is 26.7 Å². The van der Waals surface area contributed by atoms with Gasteiger partial charge in [-0.1, -0.05) is 49.6 Å². The number of carbonyl (C=O) groups is 2. The summed E-state index contributed by atoms with van der Waals surface area (Å²) < 4.78 is 0. The average molecular weight is 520 g/mol. The van der Waals surface area contributed by atoms with Crippen LogP contribution >= 0.6 is 0 Å². The van der Waals surface area contributed by atoms with Gasteiger partial charge in [0.15, 0.2) is 0 Å². The summed E-state index contributed by atoms with van der Waals surface area (Å²) in [7, 11) is 0. The lowest BCUT2D eigenvalue weighted by Gasteiger charge is -2.38. The van der Waals surface area contributed by atoms with Crippen molar-refractivity contribution in [1.29, 1.82) is 5.26 Å². The van der Waals surface area contributed by atoms with Crippen molar-refractivity contribution in [3.05, 3.63) is 102 Å². The van der Waals surface area contributed by atoms with Crippen molar-refractivity contribution in [2.24, 2.45) is 0 Å². The molecule has 39 heavy (non-hydrogen) atoms. The molecule has 3 N–H and O–H groups in total. The second-order valence-corrected chi connectivity index (χ2v) is 10.8. The SMILES string of the molecule is C[C@@](Cc1c[nH]c2ccccc12)(NC(=O)c1cccc(C#N)c1)C(=O)NCC1(c2ccccn2)CCCCC1. The van der Waals surface area contributed by atoms with Crippen LogP contribution in [0.2, 0.25) is 0 Å². The molecule has 0 spiro atoms. The van der Waals surface area contributed by atoms with Gasteiger partial charge in [-0.25, -0.2) is 0 Å². The Morgan fingerprint density at radius 1 is 1.05 bits per heavy atom. The quantitative estimate of drug-likeness (QED) is 0.298. The van der Waals surface area contributed by atoms with E-state index in [1.54, 1.807) is 25.1 Å². The number of benzene rings is 2. The molecule has 0 saturated heterocycles. The number of fused-ring (bicyclic) bond motifs is 1. The summed E-state index contributed by atoms with van der Waals surface area (Å²) >= 11 is 0. The van der Waals surface area contributed by atoms with E-state index in [0.717, 1.165) is 47.8 Å². The van der Waals surface area contributed by atoms with E-state index >= 15 is 0 Å². The Morgan fingerprint density at radius 3 is 2.62 bits per heavy atom. The van der Waals surface area contributed by atoms with Crippen LogP contribution in [-0.4, -0.2) is 33.9 Å². The second-order valence-electron chi connectivity index (χ2n) is 10.8. The standard InChI is InChI=1S/C32H33N5O2/c1-31(19-25-21-35-27-13-4-3-12-26(25)27,37-29(38)24-11-9-10-23(18-24)20-33)30(39)36-22-32(15-6-2-7-16-32)28-14-5-8-17-34-28/h3-5,8-14,17-18,21,35H,2,6-7,15-16,19,22H2,1H3,(H,36,39)(H,37,38)/t31-/m0/s1. The van der Waals surface area contributed by atoms with Gasteiger partial charge >= 0.3 is 0 Å². The number of aromatic amines is 1. The van der Waals surface area contributed by atoms with Gasteiger partial charge in [0.25, 0.3) is 5.91 Å². The van der Waals surface area contributed by atoms with E-state index in [-0.39, 0.29) is 11.3 Å². The third-order valence-corrected chi connectivity index (χ3v) is 7.97. The van der Waals surface area contributed by atoms with Crippen LogP contribution in [0, 0.1) is 11.3 Å². The predicted octanol–water partition coefficient (Wildman–Crippen LogP) is 5.18. The van der Waals surface area contributed by atoms with Gasteiger partial charge in [-0.2, -0.15) is 5.26 Å². The van der Waals surface area contributed by atoms with Crippen molar-refractivity contribution in [1.82, 2.24) is 20.6 Å². The zero-order valence-corrected chi connectivity index (χ0v) is 22.2. The molecule has 1 aliphatic rings. The minimum absolute atomic E-state index is 0.234. The number of H-pyrrole nitrogens is 1. The first-order valence-corrected chi connectivity index (χ1v) is 13.5. The van der Waals surface area contributed by atoms with Crippen LogP contribution in [0.15, 0.2) is 79.1 Å². The maximum absolute atomic E-state index is 14.0. The topological polar surface area (TPSA) is 111 Å². The normalized spacial score (nSPS) is 16.1. The molecule has 0 radical (unpaired) electrons. The van der Waals surface area contributed by atoms with Gasteiger partial charge in [-0.15, -0.1) is 0 Å². The molecule has 2 aromatic carbocycles. The van der Waals surface area contributed by atoms with E-state index in [9.17, 15) is 14.9 Å². The van der Waals surface area contributed by atoms with Gasteiger partial charge in [0.1, 0.15) is 5.54 Å². The molecule has 1 saturated carbocycles. The molecular formula is C32H33N5O2. The molecule has 1 aliphatic carbocycles. The first kappa shape index (κ1) is 26.2. The molecule has 2 amide bonds. The highest BCUT2D eigenvalue weighted by atomic mass is 16.2. The monoisotopic (exact) mass is 519 g/mol. The number of pyridine rings is 1. The van der Waals surface area contributed by atoms with Gasteiger partial charge in [0.2, 0.25) is 5.91 Å². The Labute approximate surface area is 228 Å². The van der Waals surface area contributed by atoms with Crippen molar-refractivity contribution >= 4 is 22.7 Å². The van der Waals surface area contributed by atoms with Gasteiger partial charge in [-0.05, 0) is 61.7 Å². The Hall–Kier alpha value is -4.44. The third-order valence-electron chi connectivity index (χ3n) is 7.97. The van der Waals surface area contributed by atoms with Crippen molar-refractivity contribution in [3.63, 3.8) is 0 Å². The Kier molecular flexibility index (Phi) is 7.47. The smallest absolute Gasteiger partial charge is 0.252 e. The highest BCUT2D eigenvalue weighted by Crippen LogP contribution is 2.38. The summed E-state index contributed by atoms with van der Waals surface area (Å²) in [6.07, 6.45) is 9.27. The van der Waals surface area contributed by atoms with Gasteiger partial charge in [0.05, 0.1) is 11.6 Å². The number of para-hydroxylation sites is 1. The molecule has 0 unspecified atom stereocenters. The summed E-state index contributed by atoms with van der Waals surface area (Å²) in [5.41, 5.74) is 2.16. The number of hydrogen-bond acceptors (Lipinski definition) is 4.